The van der Waals surface area contributed by atoms with Gasteiger partial charge in [-0.15, -0.1) is 11.8 Å². The molecule has 6 heteroatoms. The van der Waals surface area contributed by atoms with Crippen molar-refractivity contribution in [3.63, 3.8) is 0 Å². The average molecular weight is 331 g/mol. The van der Waals surface area contributed by atoms with E-state index in [9.17, 15) is 18.0 Å². The van der Waals surface area contributed by atoms with E-state index in [-0.39, 0.29) is 5.91 Å². The molecular weight excluding hydrogens is 311 g/mol. The van der Waals surface area contributed by atoms with Crippen molar-refractivity contribution in [3.8, 4) is 0 Å². The third kappa shape index (κ3) is 5.91. The van der Waals surface area contributed by atoms with Gasteiger partial charge in [0.05, 0.1) is 11.4 Å². The van der Waals surface area contributed by atoms with E-state index in [1.807, 2.05) is 0 Å². The topological polar surface area (TPSA) is 29.1 Å². The Morgan fingerprint density at radius 3 is 2.59 bits per heavy atom. The predicted molar refractivity (Wildman–Crippen MR) is 83.0 cm³/mol. The first-order valence-corrected chi connectivity index (χ1v) is 8.51. The Kier molecular flexibility index (Phi) is 6.17. The second-order valence-electron chi connectivity index (χ2n) is 5.64. The fourth-order valence-electron chi connectivity index (χ4n) is 2.70. The van der Waals surface area contributed by atoms with Crippen LogP contribution in [0.2, 0.25) is 0 Å². The zero-order chi connectivity index (χ0) is 16.0. The number of nitrogens with one attached hydrogen (secondary N) is 1. The Morgan fingerprint density at radius 2 is 1.91 bits per heavy atom. The second-order valence-corrected chi connectivity index (χ2v) is 6.65. The van der Waals surface area contributed by atoms with Gasteiger partial charge >= 0.3 is 6.18 Å². The van der Waals surface area contributed by atoms with Gasteiger partial charge < -0.3 is 5.32 Å². The minimum absolute atomic E-state index is 0.119. The van der Waals surface area contributed by atoms with Gasteiger partial charge in [-0.1, -0.05) is 37.8 Å². The van der Waals surface area contributed by atoms with Crippen LogP contribution < -0.4 is 5.32 Å². The van der Waals surface area contributed by atoms with Gasteiger partial charge in [-0.3, -0.25) is 4.79 Å². The summed E-state index contributed by atoms with van der Waals surface area (Å²) in [5.74, 6) is -0.449. The molecule has 1 fully saturated rings. The third-order valence-electron chi connectivity index (χ3n) is 3.81. The van der Waals surface area contributed by atoms with Crippen LogP contribution in [0.15, 0.2) is 29.2 Å². The average Bonchev–Trinajstić information content (AvgIpc) is 2.97. The number of carbonyl (C=O) groups excluding carboxylic acids is 1. The van der Waals surface area contributed by atoms with Crippen LogP contribution in [-0.4, -0.2) is 17.8 Å². The van der Waals surface area contributed by atoms with E-state index in [1.165, 1.54) is 25.7 Å². The summed E-state index contributed by atoms with van der Waals surface area (Å²) in [7, 11) is 0. The van der Waals surface area contributed by atoms with Crippen molar-refractivity contribution in [1.29, 1.82) is 0 Å². The molecule has 22 heavy (non-hydrogen) atoms. The first-order chi connectivity index (χ1) is 10.4. The van der Waals surface area contributed by atoms with Crippen LogP contribution in [0.3, 0.4) is 0 Å². The van der Waals surface area contributed by atoms with Crippen molar-refractivity contribution in [2.45, 2.75) is 49.6 Å². The van der Waals surface area contributed by atoms with E-state index in [0.717, 1.165) is 6.42 Å². The number of amides is 1. The minimum atomic E-state index is -4.22. The van der Waals surface area contributed by atoms with Crippen molar-refractivity contribution in [2.75, 3.05) is 11.1 Å². The lowest BCUT2D eigenvalue weighted by Crippen LogP contribution is -2.14. The summed E-state index contributed by atoms with van der Waals surface area (Å²) < 4.78 is 37.0. The number of hydrogen-bond donors (Lipinski definition) is 1. The van der Waals surface area contributed by atoms with E-state index >= 15 is 0 Å². The van der Waals surface area contributed by atoms with Crippen molar-refractivity contribution >= 4 is 23.4 Å². The molecule has 0 heterocycles. The van der Waals surface area contributed by atoms with E-state index in [0.29, 0.717) is 34.7 Å². The fraction of sp³-hybridized carbons (Fsp3) is 0.562. The number of alkyl halides is 3. The molecule has 0 unspecified atom stereocenters. The first-order valence-electron chi connectivity index (χ1n) is 7.52. The molecule has 0 aromatic heterocycles. The molecular formula is C16H20F3NOS. The molecule has 1 N–H and O–H groups in total. The van der Waals surface area contributed by atoms with Crippen molar-refractivity contribution < 1.29 is 18.0 Å². The van der Waals surface area contributed by atoms with Crippen LogP contribution in [0.25, 0.3) is 0 Å². The smallest absolute Gasteiger partial charge is 0.325 e. The number of hydrogen-bond acceptors (Lipinski definition) is 2. The standard InChI is InChI=1S/C16H20F3NOS/c17-16(18,19)11-22-14-8-4-3-7-13(14)20-15(21)10-9-12-5-1-2-6-12/h3-4,7-8,12H,1-2,5-6,9-11H2,(H,20,21). The summed E-state index contributed by atoms with van der Waals surface area (Å²) in [5, 5.41) is 2.74. The third-order valence-corrected chi connectivity index (χ3v) is 4.95. The summed E-state index contributed by atoms with van der Waals surface area (Å²) in [5.41, 5.74) is 0.466. The van der Waals surface area contributed by atoms with E-state index in [1.54, 1.807) is 24.3 Å². The number of benzene rings is 1. The number of anilines is 1. The van der Waals surface area contributed by atoms with Crippen LogP contribution >= 0.6 is 11.8 Å². The molecule has 0 saturated heterocycles. The van der Waals surface area contributed by atoms with Gasteiger partial charge in [-0.2, -0.15) is 13.2 Å². The minimum Gasteiger partial charge on any atom is -0.325 e. The molecule has 0 bridgehead atoms. The second kappa shape index (κ2) is 7.90. The molecule has 1 aromatic rings. The zero-order valence-corrected chi connectivity index (χ0v) is 13.1. The van der Waals surface area contributed by atoms with E-state index in [4.69, 9.17) is 0 Å². The molecule has 0 radical (unpaired) electrons. The Labute approximate surface area is 132 Å². The van der Waals surface area contributed by atoms with Gasteiger partial charge in [0.25, 0.3) is 0 Å². The quantitative estimate of drug-likeness (QED) is 0.721. The maximum absolute atomic E-state index is 12.3. The number of rotatable bonds is 6. The van der Waals surface area contributed by atoms with Crippen molar-refractivity contribution in [2.24, 2.45) is 5.92 Å². The van der Waals surface area contributed by atoms with Crippen LogP contribution in [-0.2, 0) is 4.79 Å². The SMILES string of the molecule is O=C(CCC1CCCC1)Nc1ccccc1SCC(F)(F)F. The molecule has 0 aliphatic heterocycles. The largest absolute Gasteiger partial charge is 0.398 e. The van der Waals surface area contributed by atoms with Gasteiger partial charge in [0.1, 0.15) is 0 Å². The summed E-state index contributed by atoms with van der Waals surface area (Å²) in [6.45, 7) is 0. The lowest BCUT2D eigenvalue weighted by Gasteiger charge is -2.13. The molecule has 1 aliphatic carbocycles. The molecule has 2 rings (SSSR count). The molecule has 122 valence electrons. The Balaban J connectivity index is 1.86. The van der Waals surface area contributed by atoms with Crippen LogP contribution in [0, 0.1) is 5.92 Å². The Bertz CT molecular complexity index is 498. The van der Waals surface area contributed by atoms with Gasteiger partial charge in [0.15, 0.2) is 0 Å². The van der Waals surface area contributed by atoms with Crippen LogP contribution in [0.5, 0.6) is 0 Å². The molecule has 1 amide bonds. The normalized spacial score (nSPS) is 16.0. The van der Waals surface area contributed by atoms with Crippen LogP contribution in [0.4, 0.5) is 18.9 Å². The number of carbonyl (C=O) groups is 1. The van der Waals surface area contributed by atoms with Gasteiger partial charge in [-0.05, 0) is 24.5 Å². The van der Waals surface area contributed by atoms with Crippen molar-refractivity contribution in [1.82, 2.24) is 0 Å². The van der Waals surface area contributed by atoms with Crippen molar-refractivity contribution in [3.05, 3.63) is 24.3 Å². The summed E-state index contributed by atoms with van der Waals surface area (Å²) in [4.78, 5) is 12.4. The summed E-state index contributed by atoms with van der Waals surface area (Å²) in [6.07, 6.45) is 1.93. The lowest BCUT2D eigenvalue weighted by atomic mass is 10.0. The monoisotopic (exact) mass is 331 g/mol. The van der Waals surface area contributed by atoms with Gasteiger partial charge in [0.2, 0.25) is 5.91 Å². The number of thioether (sulfide) groups is 1. The molecule has 1 aromatic carbocycles. The number of para-hydroxylation sites is 1. The molecule has 0 atom stereocenters. The maximum atomic E-state index is 12.3. The Morgan fingerprint density at radius 1 is 1.23 bits per heavy atom. The van der Waals surface area contributed by atoms with Gasteiger partial charge in [-0.25, -0.2) is 0 Å². The first kappa shape index (κ1) is 17.2. The maximum Gasteiger partial charge on any atom is 0.398 e. The molecule has 1 aliphatic rings. The highest BCUT2D eigenvalue weighted by atomic mass is 32.2. The highest BCUT2D eigenvalue weighted by Crippen LogP contribution is 2.32. The highest BCUT2D eigenvalue weighted by molar-refractivity contribution is 7.99. The molecule has 2 nitrogen and oxygen atoms in total. The van der Waals surface area contributed by atoms with E-state index in [2.05, 4.69) is 5.32 Å². The van der Waals surface area contributed by atoms with Gasteiger partial charge in [0, 0.05) is 11.3 Å². The molecule has 0 spiro atoms. The summed E-state index contributed by atoms with van der Waals surface area (Å²) >= 11 is 0.700. The zero-order valence-electron chi connectivity index (χ0n) is 12.3. The fourth-order valence-corrected chi connectivity index (χ4v) is 3.47. The molecule has 1 saturated carbocycles. The van der Waals surface area contributed by atoms with E-state index < -0.39 is 11.9 Å². The lowest BCUT2D eigenvalue weighted by molar-refractivity contribution is -0.116. The highest BCUT2D eigenvalue weighted by Gasteiger charge is 2.27. The number of halogens is 3. The Hall–Kier alpha value is -1.17. The summed E-state index contributed by atoms with van der Waals surface area (Å²) in [6, 6.07) is 6.63. The van der Waals surface area contributed by atoms with Crippen LogP contribution in [0.1, 0.15) is 38.5 Å². The predicted octanol–water partition coefficient (Wildman–Crippen LogP) is 5.25.